The molecule has 2 aliphatic heterocycles. The van der Waals surface area contributed by atoms with Gasteiger partial charge in [-0.3, -0.25) is 9.69 Å². The summed E-state index contributed by atoms with van der Waals surface area (Å²) in [5, 5.41) is 9.30. The third-order valence-electron chi connectivity index (χ3n) is 8.22. The monoisotopic (exact) mass is 556 g/mol. The van der Waals surface area contributed by atoms with Crippen LogP contribution in [-0.4, -0.2) is 79.0 Å². The Balaban J connectivity index is 1.25. The molecule has 2 fully saturated rings. The summed E-state index contributed by atoms with van der Waals surface area (Å²) in [6.45, 7) is 4.27. The summed E-state index contributed by atoms with van der Waals surface area (Å²) in [5.41, 5.74) is -0.741. The summed E-state index contributed by atoms with van der Waals surface area (Å²) in [5.74, 6) is -0.283. The van der Waals surface area contributed by atoms with Crippen LogP contribution in [0.3, 0.4) is 0 Å². The van der Waals surface area contributed by atoms with Crippen molar-refractivity contribution < 1.29 is 22.7 Å². The normalized spacial score (nSPS) is 20.7. The Morgan fingerprint density at radius 3 is 2.60 bits per heavy atom. The minimum atomic E-state index is -4.72. The largest absolute Gasteiger partial charge is 0.477 e. The van der Waals surface area contributed by atoms with Crippen molar-refractivity contribution >= 4 is 17.1 Å². The van der Waals surface area contributed by atoms with Gasteiger partial charge in [-0.1, -0.05) is 0 Å². The maximum absolute atomic E-state index is 14.0. The smallest absolute Gasteiger partial charge is 0.421 e. The number of aryl methyl sites for hydroxylation is 1. The molecule has 0 spiro atoms. The predicted molar refractivity (Wildman–Crippen MR) is 139 cm³/mol. The number of carbonyl (C=O) groups excluding carboxylic acids is 1. The van der Waals surface area contributed by atoms with Gasteiger partial charge < -0.3 is 14.2 Å². The zero-order valence-corrected chi connectivity index (χ0v) is 22.7. The van der Waals surface area contributed by atoms with Crippen molar-refractivity contribution in [2.45, 2.75) is 50.7 Å². The van der Waals surface area contributed by atoms with Crippen molar-refractivity contribution in [2.24, 2.45) is 13.0 Å². The fourth-order valence-electron chi connectivity index (χ4n) is 5.61. The van der Waals surface area contributed by atoms with Crippen molar-refractivity contribution in [3.63, 3.8) is 0 Å². The molecule has 0 aromatic carbocycles. The van der Waals surface area contributed by atoms with Gasteiger partial charge in [-0.15, -0.1) is 0 Å². The first-order valence-electron chi connectivity index (χ1n) is 13.3. The fourth-order valence-corrected chi connectivity index (χ4v) is 5.61. The zero-order valence-electron chi connectivity index (χ0n) is 22.7. The summed E-state index contributed by atoms with van der Waals surface area (Å²) in [6.07, 6.45) is 1.96. The van der Waals surface area contributed by atoms with Crippen LogP contribution in [0, 0.1) is 17.2 Å². The minimum absolute atomic E-state index is 0.0564. The summed E-state index contributed by atoms with van der Waals surface area (Å²) >= 11 is 0. The van der Waals surface area contributed by atoms with Gasteiger partial charge in [0.15, 0.2) is 5.65 Å². The van der Waals surface area contributed by atoms with Crippen LogP contribution < -0.4 is 4.74 Å². The van der Waals surface area contributed by atoms with Crippen LogP contribution >= 0.6 is 0 Å². The van der Waals surface area contributed by atoms with Gasteiger partial charge in [-0.05, 0) is 64.6 Å². The molecule has 3 aromatic heterocycles. The van der Waals surface area contributed by atoms with E-state index in [0.29, 0.717) is 25.2 Å². The number of halogens is 3. The van der Waals surface area contributed by atoms with Crippen molar-refractivity contribution in [1.82, 2.24) is 34.3 Å². The van der Waals surface area contributed by atoms with Gasteiger partial charge in [-0.25, -0.2) is 15.0 Å². The number of imidazole rings is 1. The fraction of sp³-hybridized carbons (Fsp3) is 0.556. The molecule has 10 nitrogen and oxygen atoms in total. The number of nitrogens with zero attached hydrogens (tertiary/aromatic N) is 8. The van der Waals surface area contributed by atoms with Crippen molar-refractivity contribution in [3.05, 3.63) is 30.0 Å². The van der Waals surface area contributed by atoms with Crippen molar-refractivity contribution in [2.75, 3.05) is 33.3 Å². The third kappa shape index (κ3) is 5.20. The number of carbonyl (C=O) groups is 1. The summed E-state index contributed by atoms with van der Waals surface area (Å²) in [4.78, 5) is 33.5. The Labute approximate surface area is 229 Å². The van der Waals surface area contributed by atoms with Gasteiger partial charge in [0.1, 0.15) is 22.8 Å². The number of rotatable bonds is 6. The maximum atomic E-state index is 14.0. The molecule has 5 heterocycles. The van der Waals surface area contributed by atoms with Crippen LogP contribution in [0.4, 0.5) is 13.2 Å². The molecule has 0 saturated carbocycles. The molecule has 1 amide bonds. The van der Waals surface area contributed by atoms with E-state index in [-0.39, 0.29) is 41.0 Å². The van der Waals surface area contributed by atoms with Crippen LogP contribution in [0.15, 0.2) is 18.6 Å². The number of hydrogen-bond acceptors (Lipinski definition) is 8. The Hall–Kier alpha value is -3.79. The van der Waals surface area contributed by atoms with Gasteiger partial charge in [0.25, 0.3) is 0 Å². The van der Waals surface area contributed by atoms with Gasteiger partial charge >= 0.3 is 6.18 Å². The highest BCUT2D eigenvalue weighted by Crippen LogP contribution is 2.38. The van der Waals surface area contributed by atoms with E-state index in [1.807, 2.05) is 24.9 Å². The first-order chi connectivity index (χ1) is 19.0. The Kier molecular flexibility index (Phi) is 7.39. The third-order valence-corrected chi connectivity index (χ3v) is 8.22. The van der Waals surface area contributed by atoms with Crippen LogP contribution in [0.25, 0.3) is 22.4 Å². The molecular formula is C27H31F3N8O2. The molecule has 40 heavy (non-hydrogen) atoms. The number of fused-ring (bicyclic) bond motifs is 1. The molecule has 5 rings (SSSR count). The number of amides is 1. The number of nitriles is 1. The van der Waals surface area contributed by atoms with E-state index in [1.165, 1.54) is 12.5 Å². The maximum Gasteiger partial charge on any atom is 0.421 e. The van der Waals surface area contributed by atoms with Crippen LogP contribution in [-0.2, 0) is 18.0 Å². The van der Waals surface area contributed by atoms with Crippen molar-refractivity contribution in [3.8, 4) is 23.2 Å². The van der Waals surface area contributed by atoms with Gasteiger partial charge in [0, 0.05) is 31.9 Å². The Morgan fingerprint density at radius 2 is 1.95 bits per heavy atom. The molecule has 0 bridgehead atoms. The molecule has 2 aliphatic rings. The second-order valence-electron chi connectivity index (χ2n) is 10.8. The lowest BCUT2D eigenvalue weighted by Crippen LogP contribution is -2.55. The highest BCUT2D eigenvalue weighted by molar-refractivity contribution is 5.88. The molecule has 0 radical (unpaired) electrons. The van der Waals surface area contributed by atoms with Gasteiger partial charge in [-0.2, -0.15) is 23.4 Å². The topological polar surface area (TPSA) is 113 Å². The lowest BCUT2D eigenvalue weighted by atomic mass is 9.91. The number of piperidine rings is 1. The number of pyridine rings is 1. The predicted octanol–water partition coefficient (Wildman–Crippen LogP) is 3.81. The number of likely N-dealkylation sites (tertiary alicyclic amines) is 2. The number of alkyl halides is 3. The first-order valence-corrected chi connectivity index (χ1v) is 13.3. The standard InChI is InChI=1S/C27H31F3N8O2/c1-26(8-4-9-37(26)3)25(39)38-10-5-17(6-11-38)7-12-40-24-19(27(28,29)30)13-18(15-32-24)21-22-23(36(2)16-33-22)35-20(14-31)34-21/h13,15-17H,4-12H2,1-3H3/t26-/m1/s1. The Bertz CT molecular complexity index is 1460. The SMILES string of the molecule is CN1CCC[C@]1(C)C(=O)N1CCC(CCOc2ncc(-c3nc(C#N)nc4c3ncn4C)cc2C(F)(F)F)CC1. The lowest BCUT2D eigenvalue weighted by molar-refractivity contribution is -0.142. The summed E-state index contributed by atoms with van der Waals surface area (Å²) in [7, 11) is 3.65. The summed E-state index contributed by atoms with van der Waals surface area (Å²) < 4.78 is 49.2. The lowest BCUT2D eigenvalue weighted by Gasteiger charge is -2.39. The average Bonchev–Trinajstić information content (AvgIpc) is 3.49. The van der Waals surface area contributed by atoms with E-state index in [9.17, 15) is 23.2 Å². The van der Waals surface area contributed by atoms with E-state index >= 15 is 0 Å². The average molecular weight is 557 g/mol. The highest BCUT2D eigenvalue weighted by Gasteiger charge is 2.44. The number of likely N-dealkylation sites (N-methyl/N-ethyl adjacent to an activating group) is 1. The molecule has 0 aliphatic carbocycles. The van der Waals surface area contributed by atoms with Gasteiger partial charge in [0.05, 0.1) is 18.5 Å². The van der Waals surface area contributed by atoms with Crippen LogP contribution in [0.5, 0.6) is 5.88 Å². The van der Waals surface area contributed by atoms with E-state index in [4.69, 9.17) is 4.74 Å². The second kappa shape index (κ2) is 10.6. The molecule has 3 aromatic rings. The zero-order chi connectivity index (χ0) is 28.7. The van der Waals surface area contributed by atoms with Crippen LogP contribution in [0.2, 0.25) is 0 Å². The number of ether oxygens (including phenoxy) is 1. The Morgan fingerprint density at radius 1 is 1.20 bits per heavy atom. The number of aromatic nitrogens is 5. The highest BCUT2D eigenvalue weighted by atomic mass is 19.4. The van der Waals surface area contributed by atoms with E-state index in [2.05, 4.69) is 24.8 Å². The quantitative estimate of drug-likeness (QED) is 0.451. The molecule has 0 unspecified atom stereocenters. The summed E-state index contributed by atoms with van der Waals surface area (Å²) in [6, 6.07) is 2.76. The molecule has 1 atom stereocenters. The number of hydrogen-bond donors (Lipinski definition) is 0. The van der Waals surface area contributed by atoms with Gasteiger partial charge in [0.2, 0.25) is 17.6 Å². The minimum Gasteiger partial charge on any atom is -0.477 e. The molecular weight excluding hydrogens is 525 g/mol. The molecule has 13 heteroatoms. The molecule has 0 N–H and O–H groups in total. The van der Waals surface area contributed by atoms with E-state index < -0.39 is 23.2 Å². The first kappa shape index (κ1) is 27.8. The molecule has 212 valence electrons. The van der Waals surface area contributed by atoms with Crippen molar-refractivity contribution in [1.29, 1.82) is 5.26 Å². The second-order valence-corrected chi connectivity index (χ2v) is 10.8. The van der Waals surface area contributed by atoms with Crippen LogP contribution in [0.1, 0.15) is 50.4 Å². The molecule has 2 saturated heterocycles. The van der Waals surface area contributed by atoms with E-state index in [1.54, 1.807) is 11.6 Å². The van der Waals surface area contributed by atoms with E-state index in [0.717, 1.165) is 38.3 Å².